The average Bonchev–Trinajstić information content (AvgIpc) is 2.84. The fraction of sp³-hybridized carbons (Fsp3) is 0.600. The summed E-state index contributed by atoms with van der Waals surface area (Å²) in [5.74, 6) is 1.04. The summed E-state index contributed by atoms with van der Waals surface area (Å²) in [5, 5.41) is 0. The van der Waals surface area contributed by atoms with E-state index in [1.807, 2.05) is 6.07 Å². The van der Waals surface area contributed by atoms with E-state index in [2.05, 4.69) is 30.0 Å². The summed E-state index contributed by atoms with van der Waals surface area (Å²) < 4.78 is 5.48. The van der Waals surface area contributed by atoms with Gasteiger partial charge in [0.25, 0.3) is 0 Å². The summed E-state index contributed by atoms with van der Waals surface area (Å²) in [6, 6.07) is 9.03. The molecular weight excluding hydrogens is 210 g/mol. The third kappa shape index (κ3) is 2.81. The molecule has 1 heterocycles. The standard InChI is InChI=1S/C15H23NO/c1-3-4-11-16-12-7-9-14(16)13-8-5-6-10-15(13)17-2/h5-6,8,10,14H,3-4,7,9,11-12H2,1-2H3/t14-/m1/s1. The number of nitrogens with zero attached hydrogens (tertiary/aromatic N) is 1. The minimum atomic E-state index is 0.567. The predicted octanol–water partition coefficient (Wildman–Crippen LogP) is 3.63. The molecule has 0 spiro atoms. The van der Waals surface area contributed by atoms with Crippen LogP contribution in [0.4, 0.5) is 0 Å². The van der Waals surface area contributed by atoms with Crippen LogP contribution in [0.3, 0.4) is 0 Å². The van der Waals surface area contributed by atoms with Gasteiger partial charge in [-0.05, 0) is 38.4 Å². The van der Waals surface area contributed by atoms with Crippen LogP contribution < -0.4 is 4.74 Å². The van der Waals surface area contributed by atoms with Gasteiger partial charge in [0.2, 0.25) is 0 Å². The Morgan fingerprint density at radius 1 is 1.35 bits per heavy atom. The number of methoxy groups -OCH3 is 1. The Kier molecular flexibility index (Phi) is 4.43. The van der Waals surface area contributed by atoms with Crippen molar-refractivity contribution in [2.45, 2.75) is 38.6 Å². The average molecular weight is 233 g/mol. The quantitative estimate of drug-likeness (QED) is 0.770. The van der Waals surface area contributed by atoms with Crippen molar-refractivity contribution in [3.8, 4) is 5.75 Å². The molecule has 1 aliphatic heterocycles. The molecule has 0 amide bonds. The molecule has 17 heavy (non-hydrogen) atoms. The van der Waals surface area contributed by atoms with Gasteiger partial charge in [-0.3, -0.25) is 4.90 Å². The fourth-order valence-electron chi connectivity index (χ4n) is 2.75. The van der Waals surface area contributed by atoms with Gasteiger partial charge in [0.1, 0.15) is 5.75 Å². The number of likely N-dealkylation sites (tertiary alicyclic amines) is 1. The number of hydrogen-bond acceptors (Lipinski definition) is 2. The number of ether oxygens (including phenoxy) is 1. The van der Waals surface area contributed by atoms with E-state index in [4.69, 9.17) is 4.74 Å². The molecule has 1 atom stereocenters. The van der Waals surface area contributed by atoms with E-state index in [1.165, 1.54) is 44.3 Å². The Balaban J connectivity index is 2.14. The van der Waals surface area contributed by atoms with E-state index < -0.39 is 0 Å². The molecule has 1 aliphatic rings. The summed E-state index contributed by atoms with van der Waals surface area (Å²) >= 11 is 0. The van der Waals surface area contributed by atoms with Crippen molar-refractivity contribution in [1.82, 2.24) is 4.90 Å². The first-order valence-corrected chi connectivity index (χ1v) is 6.73. The molecule has 0 saturated carbocycles. The first-order chi connectivity index (χ1) is 8.36. The second-order valence-corrected chi connectivity index (χ2v) is 4.79. The molecule has 94 valence electrons. The summed E-state index contributed by atoms with van der Waals surface area (Å²) in [4.78, 5) is 2.61. The molecular formula is C15H23NO. The van der Waals surface area contributed by atoms with Crippen molar-refractivity contribution < 1.29 is 4.74 Å². The van der Waals surface area contributed by atoms with Gasteiger partial charge in [-0.15, -0.1) is 0 Å². The van der Waals surface area contributed by atoms with Crippen LogP contribution in [0.1, 0.15) is 44.2 Å². The van der Waals surface area contributed by atoms with Crippen LogP contribution in [-0.2, 0) is 0 Å². The second-order valence-electron chi connectivity index (χ2n) is 4.79. The second kappa shape index (κ2) is 6.06. The van der Waals surface area contributed by atoms with Crippen LogP contribution in [0.15, 0.2) is 24.3 Å². The SMILES string of the molecule is CCCCN1CCC[C@@H]1c1ccccc1OC. The first kappa shape index (κ1) is 12.4. The molecule has 1 aromatic rings. The highest BCUT2D eigenvalue weighted by Gasteiger charge is 2.27. The zero-order valence-corrected chi connectivity index (χ0v) is 11.0. The van der Waals surface area contributed by atoms with Gasteiger partial charge in [0.15, 0.2) is 0 Å². The molecule has 0 aromatic heterocycles. The van der Waals surface area contributed by atoms with E-state index in [-0.39, 0.29) is 0 Å². The van der Waals surface area contributed by atoms with Crippen molar-refractivity contribution in [3.05, 3.63) is 29.8 Å². The Hall–Kier alpha value is -1.02. The molecule has 0 aliphatic carbocycles. The maximum absolute atomic E-state index is 5.48. The topological polar surface area (TPSA) is 12.5 Å². The van der Waals surface area contributed by atoms with E-state index in [0.29, 0.717) is 6.04 Å². The van der Waals surface area contributed by atoms with E-state index >= 15 is 0 Å². The largest absolute Gasteiger partial charge is 0.496 e. The van der Waals surface area contributed by atoms with E-state index in [1.54, 1.807) is 7.11 Å². The smallest absolute Gasteiger partial charge is 0.123 e. The maximum atomic E-state index is 5.48. The van der Waals surface area contributed by atoms with Crippen molar-refractivity contribution in [1.29, 1.82) is 0 Å². The van der Waals surface area contributed by atoms with Gasteiger partial charge in [-0.25, -0.2) is 0 Å². The van der Waals surface area contributed by atoms with Gasteiger partial charge in [-0.2, -0.15) is 0 Å². The lowest BCUT2D eigenvalue weighted by Gasteiger charge is -2.25. The monoisotopic (exact) mass is 233 g/mol. The molecule has 0 bridgehead atoms. The minimum Gasteiger partial charge on any atom is -0.496 e. The minimum absolute atomic E-state index is 0.567. The summed E-state index contributed by atoms with van der Waals surface area (Å²) in [5.41, 5.74) is 1.36. The lowest BCUT2D eigenvalue weighted by molar-refractivity contribution is 0.247. The number of rotatable bonds is 5. The number of para-hydroxylation sites is 1. The first-order valence-electron chi connectivity index (χ1n) is 6.73. The molecule has 0 unspecified atom stereocenters. The van der Waals surface area contributed by atoms with E-state index in [0.717, 1.165) is 5.75 Å². The zero-order valence-electron chi connectivity index (χ0n) is 11.0. The van der Waals surface area contributed by atoms with Crippen molar-refractivity contribution in [2.24, 2.45) is 0 Å². The van der Waals surface area contributed by atoms with Gasteiger partial charge in [0, 0.05) is 11.6 Å². The van der Waals surface area contributed by atoms with Crippen LogP contribution in [0, 0.1) is 0 Å². The summed E-state index contributed by atoms with van der Waals surface area (Å²) in [7, 11) is 1.77. The summed E-state index contributed by atoms with van der Waals surface area (Å²) in [6.45, 7) is 4.72. The van der Waals surface area contributed by atoms with Crippen LogP contribution >= 0.6 is 0 Å². The van der Waals surface area contributed by atoms with Crippen LogP contribution in [0.25, 0.3) is 0 Å². The molecule has 1 fully saturated rings. The Morgan fingerprint density at radius 2 is 2.18 bits per heavy atom. The molecule has 2 nitrogen and oxygen atoms in total. The van der Waals surface area contributed by atoms with Crippen LogP contribution in [0.5, 0.6) is 5.75 Å². The third-order valence-electron chi connectivity index (χ3n) is 3.66. The highest BCUT2D eigenvalue weighted by molar-refractivity contribution is 5.36. The number of benzene rings is 1. The molecule has 0 radical (unpaired) electrons. The van der Waals surface area contributed by atoms with E-state index in [9.17, 15) is 0 Å². The Labute approximate surface area is 105 Å². The predicted molar refractivity (Wildman–Crippen MR) is 71.5 cm³/mol. The van der Waals surface area contributed by atoms with Crippen LogP contribution in [0.2, 0.25) is 0 Å². The molecule has 1 aromatic carbocycles. The zero-order chi connectivity index (χ0) is 12.1. The number of unbranched alkanes of at least 4 members (excludes halogenated alkanes) is 1. The lowest BCUT2D eigenvalue weighted by atomic mass is 10.0. The van der Waals surface area contributed by atoms with Gasteiger partial charge < -0.3 is 4.74 Å². The third-order valence-corrected chi connectivity index (χ3v) is 3.66. The molecule has 1 saturated heterocycles. The van der Waals surface area contributed by atoms with Gasteiger partial charge >= 0.3 is 0 Å². The summed E-state index contributed by atoms with van der Waals surface area (Å²) in [6.07, 6.45) is 5.15. The van der Waals surface area contributed by atoms with Gasteiger partial charge in [-0.1, -0.05) is 31.5 Å². The van der Waals surface area contributed by atoms with Crippen molar-refractivity contribution in [3.63, 3.8) is 0 Å². The Bertz CT molecular complexity index is 351. The maximum Gasteiger partial charge on any atom is 0.123 e. The Morgan fingerprint density at radius 3 is 2.94 bits per heavy atom. The molecule has 2 heteroatoms. The van der Waals surface area contributed by atoms with Crippen LogP contribution in [-0.4, -0.2) is 25.1 Å². The van der Waals surface area contributed by atoms with Crippen molar-refractivity contribution in [2.75, 3.05) is 20.2 Å². The van der Waals surface area contributed by atoms with Gasteiger partial charge in [0.05, 0.1) is 7.11 Å². The van der Waals surface area contributed by atoms with Crippen molar-refractivity contribution >= 4 is 0 Å². The highest BCUT2D eigenvalue weighted by Crippen LogP contribution is 2.36. The lowest BCUT2D eigenvalue weighted by Crippen LogP contribution is -2.24. The molecule has 2 rings (SSSR count). The highest BCUT2D eigenvalue weighted by atomic mass is 16.5. The normalized spacial score (nSPS) is 20.7. The fourth-order valence-corrected chi connectivity index (χ4v) is 2.75. The molecule has 0 N–H and O–H groups in total. The number of hydrogen-bond donors (Lipinski definition) is 0.